The number of aromatic nitrogens is 2. The Morgan fingerprint density at radius 2 is 2.00 bits per heavy atom. The summed E-state index contributed by atoms with van der Waals surface area (Å²) in [6, 6.07) is 10.3. The van der Waals surface area contributed by atoms with Crippen LogP contribution >= 0.6 is 0 Å². The van der Waals surface area contributed by atoms with E-state index in [1.807, 2.05) is 24.3 Å². The van der Waals surface area contributed by atoms with E-state index in [1.165, 1.54) is 0 Å². The number of rotatable bonds is 2. The van der Waals surface area contributed by atoms with Gasteiger partial charge in [0.25, 0.3) is 0 Å². The number of nitrogens with zero attached hydrogens (tertiary/aromatic N) is 2. The van der Waals surface area contributed by atoms with Crippen LogP contribution in [0.25, 0.3) is 11.4 Å². The van der Waals surface area contributed by atoms with Gasteiger partial charge in [-0.1, -0.05) is 18.2 Å². The number of hydrogen-bond acceptors (Lipinski definition) is 3. The first kappa shape index (κ1) is 8.84. The summed E-state index contributed by atoms with van der Waals surface area (Å²) in [5.74, 6) is 0.652. The van der Waals surface area contributed by atoms with Gasteiger partial charge in [-0.3, -0.25) is 0 Å². The van der Waals surface area contributed by atoms with E-state index < -0.39 is 0 Å². The van der Waals surface area contributed by atoms with Crippen LogP contribution in [0, 0.1) is 6.07 Å². The second kappa shape index (κ2) is 3.98. The number of hydrogen-bond donors (Lipinski definition) is 1. The zero-order valence-corrected chi connectivity index (χ0v) is 7.51. The Morgan fingerprint density at radius 3 is 2.71 bits per heavy atom. The van der Waals surface area contributed by atoms with Gasteiger partial charge >= 0.3 is 0 Å². The monoisotopic (exact) mass is 185 g/mol. The Kier molecular flexibility index (Phi) is 2.51. The molecule has 0 saturated carbocycles. The average molecular weight is 185 g/mol. The molecule has 3 nitrogen and oxygen atoms in total. The molecule has 2 aromatic rings. The maximum atomic E-state index is 8.96. The third-order valence-electron chi connectivity index (χ3n) is 1.89. The lowest BCUT2D eigenvalue weighted by Crippen LogP contribution is -1.89. The normalized spacial score (nSPS) is 10.1. The van der Waals surface area contributed by atoms with E-state index in [0.29, 0.717) is 5.82 Å². The van der Waals surface area contributed by atoms with Gasteiger partial charge < -0.3 is 5.11 Å². The Bertz CT molecular complexity index is 415. The molecule has 0 spiro atoms. The molecule has 1 aromatic heterocycles. The van der Waals surface area contributed by atoms with Crippen LogP contribution in [0.15, 0.2) is 36.7 Å². The minimum atomic E-state index is 0.0345. The first-order chi connectivity index (χ1) is 6.90. The molecule has 0 aliphatic carbocycles. The predicted octanol–water partition coefficient (Wildman–Crippen LogP) is 1.44. The highest BCUT2D eigenvalue weighted by molar-refractivity contribution is 5.55. The summed E-state index contributed by atoms with van der Waals surface area (Å²) < 4.78 is 0. The van der Waals surface area contributed by atoms with Crippen molar-refractivity contribution in [3.63, 3.8) is 0 Å². The van der Waals surface area contributed by atoms with Crippen molar-refractivity contribution >= 4 is 0 Å². The lowest BCUT2D eigenvalue weighted by atomic mass is 10.1. The zero-order chi connectivity index (χ0) is 9.80. The third-order valence-corrected chi connectivity index (χ3v) is 1.89. The number of aliphatic hydroxyl groups excluding tert-OH is 1. The summed E-state index contributed by atoms with van der Waals surface area (Å²) in [7, 11) is 0. The van der Waals surface area contributed by atoms with E-state index in [0.717, 1.165) is 11.1 Å². The van der Waals surface area contributed by atoms with Gasteiger partial charge in [-0.05, 0) is 11.6 Å². The van der Waals surface area contributed by atoms with Crippen LogP contribution in [0.3, 0.4) is 0 Å². The number of aliphatic hydroxyl groups is 1. The van der Waals surface area contributed by atoms with E-state index in [-0.39, 0.29) is 6.61 Å². The van der Waals surface area contributed by atoms with Crippen LogP contribution < -0.4 is 0 Å². The summed E-state index contributed by atoms with van der Waals surface area (Å²) in [5, 5.41) is 8.96. The largest absolute Gasteiger partial charge is 0.392 e. The fraction of sp³-hybridized carbons (Fsp3) is 0.0909. The highest BCUT2D eigenvalue weighted by atomic mass is 16.3. The first-order valence-corrected chi connectivity index (χ1v) is 4.28. The van der Waals surface area contributed by atoms with Gasteiger partial charge in [-0.25, -0.2) is 9.97 Å². The molecule has 0 fully saturated rings. The van der Waals surface area contributed by atoms with E-state index in [9.17, 15) is 0 Å². The van der Waals surface area contributed by atoms with E-state index in [1.54, 1.807) is 12.4 Å². The Balaban J connectivity index is 2.42. The van der Waals surface area contributed by atoms with Crippen molar-refractivity contribution in [3.8, 4) is 11.4 Å². The molecule has 1 heterocycles. The minimum absolute atomic E-state index is 0.0345. The summed E-state index contributed by atoms with van der Waals surface area (Å²) in [5.41, 5.74) is 1.77. The predicted molar refractivity (Wildman–Crippen MR) is 52.2 cm³/mol. The van der Waals surface area contributed by atoms with Crippen molar-refractivity contribution in [2.75, 3.05) is 0 Å². The topological polar surface area (TPSA) is 46.0 Å². The minimum Gasteiger partial charge on any atom is -0.392 e. The number of benzene rings is 1. The maximum Gasteiger partial charge on any atom is 0.159 e. The third kappa shape index (κ3) is 1.78. The average Bonchev–Trinajstić information content (AvgIpc) is 2.30. The first-order valence-electron chi connectivity index (χ1n) is 4.28. The fourth-order valence-corrected chi connectivity index (χ4v) is 1.22. The highest BCUT2D eigenvalue weighted by Crippen LogP contribution is 2.15. The molecule has 2 rings (SSSR count). The van der Waals surface area contributed by atoms with Gasteiger partial charge in [0, 0.05) is 24.0 Å². The van der Waals surface area contributed by atoms with Crippen molar-refractivity contribution in [2.24, 2.45) is 0 Å². The molecule has 0 aliphatic heterocycles. The molecule has 0 saturated heterocycles. The van der Waals surface area contributed by atoms with Gasteiger partial charge in [0.1, 0.15) is 0 Å². The lowest BCUT2D eigenvalue weighted by molar-refractivity contribution is 0.282. The van der Waals surface area contributed by atoms with Crippen molar-refractivity contribution in [1.29, 1.82) is 0 Å². The molecule has 1 radical (unpaired) electrons. The summed E-state index contributed by atoms with van der Waals surface area (Å²) in [6.07, 6.45) is 3.15. The van der Waals surface area contributed by atoms with Crippen LogP contribution in [-0.4, -0.2) is 15.1 Å². The smallest absolute Gasteiger partial charge is 0.159 e. The van der Waals surface area contributed by atoms with Crippen molar-refractivity contribution in [3.05, 3.63) is 48.3 Å². The van der Waals surface area contributed by atoms with Crippen LogP contribution in [0.5, 0.6) is 0 Å². The van der Waals surface area contributed by atoms with Crippen LogP contribution in [0.1, 0.15) is 5.56 Å². The molecule has 1 aromatic carbocycles. The molecule has 0 aliphatic rings. The molecular formula is C11H9N2O. The molecule has 0 atom stereocenters. The summed E-state index contributed by atoms with van der Waals surface area (Å²) >= 11 is 0. The Hall–Kier alpha value is -1.74. The second-order valence-corrected chi connectivity index (χ2v) is 2.87. The van der Waals surface area contributed by atoms with E-state index in [4.69, 9.17) is 5.11 Å². The molecule has 69 valence electrons. The maximum absolute atomic E-state index is 8.96. The van der Waals surface area contributed by atoms with Crippen molar-refractivity contribution in [2.45, 2.75) is 6.61 Å². The van der Waals surface area contributed by atoms with Gasteiger partial charge in [-0.2, -0.15) is 0 Å². The molecule has 14 heavy (non-hydrogen) atoms. The standard InChI is InChI=1S/C11H9N2O/c14-8-9-3-1-4-10(7-9)11-12-5-2-6-13-11/h1,3-7,14H,8H2. The highest BCUT2D eigenvalue weighted by Gasteiger charge is 1.99. The van der Waals surface area contributed by atoms with E-state index >= 15 is 0 Å². The summed E-state index contributed by atoms with van der Waals surface area (Å²) in [4.78, 5) is 8.15. The molecule has 1 N–H and O–H groups in total. The van der Waals surface area contributed by atoms with Crippen LogP contribution in [0.4, 0.5) is 0 Å². The SMILES string of the molecule is OCc1cccc(-c2nc[c]cn2)c1. The van der Waals surface area contributed by atoms with Gasteiger partial charge in [-0.15, -0.1) is 0 Å². The quantitative estimate of drug-likeness (QED) is 0.770. The molecule has 0 bridgehead atoms. The fourth-order valence-electron chi connectivity index (χ4n) is 1.22. The van der Waals surface area contributed by atoms with E-state index in [2.05, 4.69) is 16.0 Å². The molecule has 3 heteroatoms. The van der Waals surface area contributed by atoms with Crippen molar-refractivity contribution < 1.29 is 5.11 Å². The Labute approximate surface area is 82.1 Å². The van der Waals surface area contributed by atoms with Crippen LogP contribution in [-0.2, 0) is 6.61 Å². The van der Waals surface area contributed by atoms with Gasteiger partial charge in [0.05, 0.1) is 6.61 Å². The van der Waals surface area contributed by atoms with Crippen molar-refractivity contribution in [1.82, 2.24) is 9.97 Å². The second-order valence-electron chi connectivity index (χ2n) is 2.87. The molecule has 0 unspecified atom stereocenters. The lowest BCUT2D eigenvalue weighted by Gasteiger charge is -2.00. The molecular weight excluding hydrogens is 176 g/mol. The van der Waals surface area contributed by atoms with Gasteiger partial charge in [0.15, 0.2) is 5.82 Å². The Morgan fingerprint density at radius 1 is 1.21 bits per heavy atom. The summed E-state index contributed by atoms with van der Waals surface area (Å²) in [6.45, 7) is 0.0345. The zero-order valence-electron chi connectivity index (χ0n) is 7.51. The van der Waals surface area contributed by atoms with Gasteiger partial charge in [0.2, 0.25) is 0 Å². The van der Waals surface area contributed by atoms with Crippen LogP contribution in [0.2, 0.25) is 0 Å². The molecule has 0 amide bonds.